The minimum Gasteiger partial charge on any atom is -0.488 e. The molecule has 0 radical (unpaired) electrons. The van der Waals surface area contributed by atoms with Gasteiger partial charge in [0.05, 0.1) is 17.1 Å². The first-order chi connectivity index (χ1) is 15.6. The van der Waals surface area contributed by atoms with E-state index in [1.54, 1.807) is 36.5 Å². The highest BCUT2D eigenvalue weighted by atomic mass is 79.9. The van der Waals surface area contributed by atoms with Crippen LogP contribution in [0.5, 0.6) is 5.75 Å². The van der Waals surface area contributed by atoms with Gasteiger partial charge < -0.3 is 4.74 Å². The molecule has 0 aliphatic heterocycles. The van der Waals surface area contributed by atoms with Crippen molar-refractivity contribution >= 4 is 33.0 Å². The molecule has 0 atom stereocenters. The van der Waals surface area contributed by atoms with Crippen molar-refractivity contribution in [2.45, 2.75) is 26.4 Å². The van der Waals surface area contributed by atoms with Crippen LogP contribution in [0.25, 0.3) is 10.9 Å². The first-order valence-electron chi connectivity index (χ1n) is 10.3. The van der Waals surface area contributed by atoms with E-state index >= 15 is 0 Å². The molecular weight excluding hydrogens is 473 g/mol. The minimum atomic E-state index is -0.317. The highest BCUT2D eigenvalue weighted by Gasteiger charge is 2.11. The molecule has 0 unspecified atom stereocenters. The average molecular weight is 494 g/mol. The summed E-state index contributed by atoms with van der Waals surface area (Å²) in [5.41, 5.74) is 1.54. The molecule has 0 spiro atoms. The van der Waals surface area contributed by atoms with Crippen molar-refractivity contribution in [2.75, 3.05) is 0 Å². The molecule has 7 heteroatoms. The van der Waals surface area contributed by atoms with Gasteiger partial charge in [0, 0.05) is 22.0 Å². The number of hydrogen-bond acceptors (Lipinski definition) is 4. The number of hydrogen-bond donors (Lipinski definition) is 0. The molecule has 0 saturated carbocycles. The molecule has 3 aromatic carbocycles. The fraction of sp³-hybridized carbons (Fsp3) is 0.160. The van der Waals surface area contributed by atoms with Crippen LogP contribution in [-0.4, -0.2) is 15.9 Å². The van der Waals surface area contributed by atoms with Crippen LogP contribution in [0, 0.1) is 5.82 Å². The number of para-hydroxylation sites is 1. The maximum Gasteiger partial charge on any atom is 0.282 e. The second kappa shape index (κ2) is 9.87. The summed E-state index contributed by atoms with van der Waals surface area (Å²) >= 11 is 3.41. The first-order valence-corrected chi connectivity index (χ1v) is 11.1. The molecule has 0 bridgehead atoms. The monoisotopic (exact) mass is 493 g/mol. The molecule has 1 heterocycles. The van der Waals surface area contributed by atoms with Crippen molar-refractivity contribution < 1.29 is 9.13 Å². The van der Waals surface area contributed by atoms with Gasteiger partial charge in [0.25, 0.3) is 5.56 Å². The van der Waals surface area contributed by atoms with Crippen LogP contribution in [0.15, 0.2) is 81.1 Å². The molecule has 4 aromatic rings. The van der Waals surface area contributed by atoms with Gasteiger partial charge in [-0.05, 0) is 42.8 Å². The van der Waals surface area contributed by atoms with Crippen LogP contribution >= 0.6 is 15.9 Å². The summed E-state index contributed by atoms with van der Waals surface area (Å²) in [6.07, 6.45) is 3.01. The summed E-state index contributed by atoms with van der Waals surface area (Å²) in [5.74, 6) is 0.817. The van der Waals surface area contributed by atoms with E-state index in [4.69, 9.17) is 4.74 Å². The van der Waals surface area contributed by atoms with Crippen LogP contribution in [0.2, 0.25) is 0 Å². The van der Waals surface area contributed by atoms with Gasteiger partial charge in [0.1, 0.15) is 24.0 Å². The van der Waals surface area contributed by atoms with Gasteiger partial charge in [0.2, 0.25) is 0 Å². The highest BCUT2D eigenvalue weighted by Crippen LogP contribution is 2.20. The summed E-state index contributed by atoms with van der Waals surface area (Å²) in [6.45, 7) is 2.11. The summed E-state index contributed by atoms with van der Waals surface area (Å²) < 4.78 is 21.9. The van der Waals surface area contributed by atoms with Gasteiger partial charge in [-0.2, -0.15) is 9.78 Å². The maximum absolute atomic E-state index is 13.9. The Morgan fingerprint density at radius 2 is 1.91 bits per heavy atom. The molecule has 5 nitrogen and oxygen atoms in total. The van der Waals surface area contributed by atoms with Crippen LogP contribution in [-0.2, 0) is 13.0 Å². The van der Waals surface area contributed by atoms with E-state index in [1.807, 2.05) is 37.3 Å². The Hall–Kier alpha value is -3.32. The van der Waals surface area contributed by atoms with E-state index in [0.717, 1.165) is 10.9 Å². The average Bonchev–Trinajstić information content (AvgIpc) is 2.80. The molecule has 162 valence electrons. The Morgan fingerprint density at radius 1 is 1.12 bits per heavy atom. The van der Waals surface area contributed by atoms with Crippen LogP contribution in [0.1, 0.15) is 30.3 Å². The van der Waals surface area contributed by atoms with E-state index in [1.165, 1.54) is 10.7 Å². The largest absolute Gasteiger partial charge is 0.488 e. The lowest BCUT2D eigenvalue weighted by molar-refractivity contribution is 0.299. The highest BCUT2D eigenvalue weighted by molar-refractivity contribution is 9.10. The zero-order valence-corrected chi connectivity index (χ0v) is 19.0. The lowest BCUT2D eigenvalue weighted by Crippen LogP contribution is -2.22. The number of fused-ring (bicyclic) bond motifs is 1. The fourth-order valence-corrected chi connectivity index (χ4v) is 3.67. The predicted molar refractivity (Wildman–Crippen MR) is 128 cm³/mol. The van der Waals surface area contributed by atoms with Crippen LogP contribution in [0.3, 0.4) is 0 Å². The number of ether oxygens (including phenoxy) is 1. The summed E-state index contributed by atoms with van der Waals surface area (Å²) in [7, 11) is 0. The summed E-state index contributed by atoms with van der Waals surface area (Å²) in [4.78, 5) is 17.8. The number of aryl methyl sites for hydroxylation is 1. The van der Waals surface area contributed by atoms with Crippen LogP contribution in [0.4, 0.5) is 4.39 Å². The van der Waals surface area contributed by atoms with Crippen molar-refractivity contribution in [2.24, 2.45) is 5.10 Å². The van der Waals surface area contributed by atoms with Crippen molar-refractivity contribution in [3.63, 3.8) is 0 Å². The van der Waals surface area contributed by atoms with E-state index in [0.29, 0.717) is 40.0 Å². The van der Waals surface area contributed by atoms with Crippen LogP contribution < -0.4 is 10.3 Å². The smallest absolute Gasteiger partial charge is 0.282 e. The predicted octanol–water partition coefficient (Wildman–Crippen LogP) is 5.71. The number of halogens is 2. The van der Waals surface area contributed by atoms with Gasteiger partial charge in [0.15, 0.2) is 0 Å². The molecule has 1 aromatic heterocycles. The minimum absolute atomic E-state index is 0.0874. The quantitative estimate of drug-likeness (QED) is 0.309. The molecule has 0 aliphatic rings. The number of nitrogens with zero attached hydrogens (tertiary/aromatic N) is 3. The third-order valence-corrected chi connectivity index (χ3v) is 5.41. The van der Waals surface area contributed by atoms with E-state index in [-0.39, 0.29) is 18.0 Å². The molecule has 32 heavy (non-hydrogen) atoms. The summed E-state index contributed by atoms with van der Waals surface area (Å²) in [6, 6.07) is 19.2. The Kier molecular flexibility index (Phi) is 6.75. The molecule has 0 amide bonds. The third-order valence-electron chi connectivity index (χ3n) is 4.92. The Balaban J connectivity index is 1.69. The fourth-order valence-electron chi connectivity index (χ4n) is 3.31. The molecule has 0 N–H and O–H groups in total. The molecule has 0 aliphatic carbocycles. The van der Waals surface area contributed by atoms with Crippen molar-refractivity contribution in [1.29, 1.82) is 0 Å². The second-order valence-corrected chi connectivity index (χ2v) is 8.13. The van der Waals surface area contributed by atoms with Crippen molar-refractivity contribution in [3.05, 3.63) is 104 Å². The molecule has 0 saturated heterocycles. The number of aromatic nitrogens is 2. The zero-order chi connectivity index (χ0) is 22.5. The molecule has 4 rings (SSSR count). The Labute approximate surface area is 193 Å². The van der Waals surface area contributed by atoms with E-state index in [9.17, 15) is 9.18 Å². The van der Waals surface area contributed by atoms with Gasteiger partial charge in [-0.1, -0.05) is 53.2 Å². The Bertz CT molecular complexity index is 1350. The normalized spacial score (nSPS) is 11.3. The van der Waals surface area contributed by atoms with Gasteiger partial charge in [-0.15, -0.1) is 0 Å². The lowest BCUT2D eigenvalue weighted by atomic mass is 10.2. The number of benzene rings is 3. The number of rotatable bonds is 7. The SMILES string of the molecule is CCCc1nc2ccc(Br)cc2c(=O)n1N=Cc1ccccc1OCc1ccccc1F. The zero-order valence-electron chi connectivity index (χ0n) is 17.5. The topological polar surface area (TPSA) is 56.5 Å². The first kappa shape index (κ1) is 21.9. The lowest BCUT2D eigenvalue weighted by Gasteiger charge is -2.11. The Morgan fingerprint density at radius 3 is 2.72 bits per heavy atom. The molecular formula is C25H21BrFN3O2. The summed E-state index contributed by atoms with van der Waals surface area (Å²) in [5, 5.41) is 4.94. The van der Waals surface area contributed by atoms with E-state index < -0.39 is 0 Å². The van der Waals surface area contributed by atoms with Gasteiger partial charge in [-0.3, -0.25) is 4.79 Å². The molecule has 0 fully saturated rings. The second-order valence-electron chi connectivity index (χ2n) is 7.22. The van der Waals surface area contributed by atoms with E-state index in [2.05, 4.69) is 26.0 Å². The van der Waals surface area contributed by atoms with Gasteiger partial charge in [-0.25, -0.2) is 9.37 Å². The standard InChI is InChI=1S/C25H21BrFN3O2/c1-2-7-24-29-22-13-12-19(26)14-20(22)25(31)30(24)28-15-17-8-4-6-11-23(17)32-16-18-9-3-5-10-21(18)27/h3-6,8-15H,2,7,16H2,1H3. The van der Waals surface area contributed by atoms with Crippen molar-refractivity contribution in [1.82, 2.24) is 9.66 Å². The maximum atomic E-state index is 13.9. The third kappa shape index (κ3) is 4.78. The van der Waals surface area contributed by atoms with Crippen molar-refractivity contribution in [3.8, 4) is 5.75 Å². The van der Waals surface area contributed by atoms with Gasteiger partial charge >= 0.3 is 0 Å².